The molecule has 0 radical (unpaired) electrons. The molecule has 1 aliphatic carbocycles. The van der Waals surface area contributed by atoms with Crippen LogP contribution in [0, 0.1) is 0 Å². The maximum Gasteiger partial charge on any atom is 0.267 e. The Bertz CT molecular complexity index is 1600. The standard InChI is InChI=1S/C22H18Cl4N10O2/c23-7-1-9(31-17(7)25)19(37)29-3-5-6(4-30-20(38)10-2-8(24)18(26)32-10)12-11(5)13-15(35-21(27)33-13)16-14(12)34-22(28)36-16/h1-2,5-6,31-32H,3-4H2,(H,29,37)(H,30,38)(H3,27,33,35)(H3,28,34,36)/t5-,6-/m1/s1. The first-order chi connectivity index (χ1) is 18.1. The van der Waals surface area contributed by atoms with Crippen LogP contribution in [0.1, 0.15) is 43.9 Å². The van der Waals surface area contributed by atoms with E-state index in [2.05, 4.69) is 40.5 Å². The van der Waals surface area contributed by atoms with E-state index in [9.17, 15) is 9.59 Å². The van der Waals surface area contributed by atoms with Crippen molar-refractivity contribution in [1.29, 1.82) is 0 Å². The number of aromatic amines is 4. The van der Waals surface area contributed by atoms with Crippen LogP contribution in [0.15, 0.2) is 12.1 Å². The number of rotatable bonds is 6. The van der Waals surface area contributed by atoms with E-state index in [1.54, 1.807) is 0 Å². The van der Waals surface area contributed by atoms with E-state index in [0.29, 0.717) is 22.1 Å². The number of halogens is 4. The van der Waals surface area contributed by atoms with Gasteiger partial charge < -0.3 is 42.0 Å². The van der Waals surface area contributed by atoms with Crippen molar-refractivity contribution in [3.63, 3.8) is 0 Å². The molecule has 2 atom stereocenters. The van der Waals surface area contributed by atoms with Gasteiger partial charge in [-0.1, -0.05) is 46.4 Å². The lowest BCUT2D eigenvalue weighted by molar-refractivity contribution is 0.0927. The van der Waals surface area contributed by atoms with Crippen LogP contribution < -0.4 is 22.1 Å². The lowest BCUT2D eigenvalue weighted by Crippen LogP contribution is -2.42. The van der Waals surface area contributed by atoms with Gasteiger partial charge in [0.2, 0.25) is 0 Å². The van der Waals surface area contributed by atoms with Crippen LogP contribution in [0.25, 0.3) is 22.1 Å². The van der Waals surface area contributed by atoms with E-state index >= 15 is 0 Å². The third kappa shape index (κ3) is 3.91. The molecule has 6 rings (SSSR count). The summed E-state index contributed by atoms with van der Waals surface area (Å²) in [5.74, 6) is -0.851. The number of anilines is 2. The van der Waals surface area contributed by atoms with Crippen LogP contribution in [0.2, 0.25) is 20.4 Å². The third-order valence-corrected chi connectivity index (χ3v) is 8.01. The number of fused-ring (bicyclic) bond motifs is 6. The normalized spacial score (nSPS) is 16.5. The number of imidazole rings is 2. The summed E-state index contributed by atoms with van der Waals surface area (Å²) >= 11 is 23.9. The van der Waals surface area contributed by atoms with Gasteiger partial charge in [-0.15, -0.1) is 0 Å². The molecule has 4 aromatic heterocycles. The first-order valence-corrected chi connectivity index (χ1v) is 12.7. The highest BCUT2D eigenvalue weighted by molar-refractivity contribution is 6.42. The van der Waals surface area contributed by atoms with E-state index in [0.717, 1.165) is 11.1 Å². The maximum atomic E-state index is 12.8. The molecule has 0 aliphatic heterocycles. The minimum Gasteiger partial charge on any atom is -0.369 e. The Morgan fingerprint density at radius 1 is 0.737 bits per heavy atom. The molecule has 12 nitrogen and oxygen atoms in total. The van der Waals surface area contributed by atoms with Crippen molar-refractivity contribution in [2.45, 2.75) is 11.8 Å². The lowest BCUT2D eigenvalue weighted by atomic mass is 9.66. The number of nitrogens with zero attached hydrogens (tertiary/aromatic N) is 2. The lowest BCUT2D eigenvalue weighted by Gasteiger charge is -2.40. The number of amides is 2. The highest BCUT2D eigenvalue weighted by Gasteiger charge is 2.43. The number of hydrogen-bond acceptors (Lipinski definition) is 6. The zero-order chi connectivity index (χ0) is 26.9. The van der Waals surface area contributed by atoms with Gasteiger partial charge in [0.1, 0.15) is 21.7 Å². The van der Waals surface area contributed by atoms with Crippen LogP contribution in [0.3, 0.4) is 0 Å². The molecule has 196 valence electrons. The number of hydrogen-bond donors (Lipinski definition) is 8. The first kappa shape index (κ1) is 24.7. The number of nitrogens with two attached hydrogens (primary N) is 2. The van der Waals surface area contributed by atoms with Crippen molar-refractivity contribution in [2.24, 2.45) is 0 Å². The van der Waals surface area contributed by atoms with Gasteiger partial charge in [-0.2, -0.15) is 0 Å². The van der Waals surface area contributed by atoms with Gasteiger partial charge in [0.15, 0.2) is 11.9 Å². The number of nitrogens with one attached hydrogen (secondary N) is 6. The van der Waals surface area contributed by atoms with Gasteiger partial charge >= 0.3 is 0 Å². The Morgan fingerprint density at radius 2 is 1.13 bits per heavy atom. The number of aromatic nitrogens is 6. The topological polar surface area (TPSA) is 199 Å². The highest BCUT2D eigenvalue weighted by Crippen LogP contribution is 2.52. The van der Waals surface area contributed by atoms with Crippen LogP contribution in [0.5, 0.6) is 0 Å². The minimum absolute atomic E-state index is 0.170. The smallest absolute Gasteiger partial charge is 0.267 e. The van der Waals surface area contributed by atoms with Crippen molar-refractivity contribution in [3.05, 3.63) is 55.0 Å². The largest absolute Gasteiger partial charge is 0.369 e. The molecule has 0 unspecified atom stereocenters. The summed E-state index contributed by atoms with van der Waals surface area (Å²) in [6.07, 6.45) is 0. The summed E-state index contributed by atoms with van der Waals surface area (Å²) in [4.78, 5) is 46.2. The molecule has 1 aliphatic rings. The quantitative estimate of drug-likeness (QED) is 0.146. The number of carbonyl (C=O) groups excluding carboxylic acids is 2. The van der Waals surface area contributed by atoms with Crippen molar-refractivity contribution in [3.8, 4) is 0 Å². The second kappa shape index (κ2) is 9.02. The monoisotopic (exact) mass is 594 g/mol. The fourth-order valence-electron chi connectivity index (χ4n) is 4.98. The van der Waals surface area contributed by atoms with Crippen LogP contribution >= 0.6 is 46.4 Å². The molecule has 38 heavy (non-hydrogen) atoms. The Morgan fingerprint density at radius 3 is 1.47 bits per heavy atom. The average Bonchev–Trinajstić information content (AvgIpc) is 3.60. The number of nitrogen functional groups attached to an aromatic ring is 2. The van der Waals surface area contributed by atoms with Gasteiger partial charge in [0, 0.05) is 24.9 Å². The molecule has 4 heterocycles. The fraction of sp³-hybridized carbons (Fsp3) is 0.182. The fourth-order valence-corrected chi connectivity index (χ4v) is 5.61. The van der Waals surface area contributed by atoms with Crippen LogP contribution in [0.4, 0.5) is 11.9 Å². The molecule has 0 saturated carbocycles. The summed E-state index contributed by atoms with van der Waals surface area (Å²) < 4.78 is 0. The molecular weight excluding hydrogens is 578 g/mol. The molecule has 0 bridgehead atoms. The second-order valence-corrected chi connectivity index (χ2v) is 10.4. The van der Waals surface area contributed by atoms with E-state index in [1.807, 2.05) is 0 Å². The van der Waals surface area contributed by atoms with Gasteiger partial charge in [-0.3, -0.25) is 9.59 Å². The SMILES string of the molecule is Nc1nc2c3c(c4nc(N)[nH]c4c2[nH]1)[C@H](CNC(=O)c1cc(Cl)c(Cl)[nH]1)[C@H]3CNC(=O)c1cc(Cl)c(Cl)[nH]1. The maximum absolute atomic E-state index is 12.8. The van der Waals surface area contributed by atoms with E-state index in [1.165, 1.54) is 12.1 Å². The molecule has 0 saturated heterocycles. The molecular formula is C22H18Cl4N10O2. The Labute approximate surface area is 233 Å². The third-order valence-electron chi connectivity index (χ3n) is 6.63. The molecule has 10 N–H and O–H groups in total. The summed E-state index contributed by atoms with van der Waals surface area (Å²) in [5.41, 5.74) is 16.7. The number of benzene rings is 1. The van der Waals surface area contributed by atoms with Gasteiger partial charge in [-0.05, 0) is 23.3 Å². The molecule has 0 fully saturated rings. The van der Waals surface area contributed by atoms with Crippen LogP contribution in [-0.2, 0) is 0 Å². The Balaban J connectivity index is 1.35. The van der Waals surface area contributed by atoms with E-state index < -0.39 is 11.8 Å². The summed E-state index contributed by atoms with van der Waals surface area (Å²) in [6, 6.07) is 2.89. The van der Waals surface area contributed by atoms with Crippen LogP contribution in [-0.4, -0.2) is 54.8 Å². The highest BCUT2D eigenvalue weighted by atomic mass is 35.5. The van der Waals surface area contributed by atoms with E-state index in [-0.39, 0.29) is 68.6 Å². The van der Waals surface area contributed by atoms with Crippen molar-refractivity contribution < 1.29 is 9.59 Å². The van der Waals surface area contributed by atoms with E-state index in [4.69, 9.17) is 57.9 Å². The Kier molecular flexibility index (Phi) is 5.87. The predicted octanol–water partition coefficient (Wildman–Crippen LogP) is 3.91. The van der Waals surface area contributed by atoms with Crippen molar-refractivity contribution in [2.75, 3.05) is 24.6 Å². The first-order valence-electron chi connectivity index (χ1n) is 11.2. The van der Waals surface area contributed by atoms with Gasteiger partial charge in [-0.25, -0.2) is 9.97 Å². The zero-order valence-electron chi connectivity index (χ0n) is 19.1. The van der Waals surface area contributed by atoms with Crippen molar-refractivity contribution in [1.82, 2.24) is 40.5 Å². The van der Waals surface area contributed by atoms with Gasteiger partial charge in [0.05, 0.1) is 32.1 Å². The second-order valence-electron chi connectivity index (χ2n) is 8.84. The molecule has 0 spiro atoms. The number of carbonyl (C=O) groups is 2. The number of H-pyrrole nitrogens is 4. The molecule has 16 heteroatoms. The summed E-state index contributed by atoms with van der Waals surface area (Å²) in [6.45, 7) is 0.433. The van der Waals surface area contributed by atoms with Gasteiger partial charge in [0.25, 0.3) is 11.8 Å². The predicted molar refractivity (Wildman–Crippen MR) is 146 cm³/mol. The Hall–Kier alpha value is -3.58. The zero-order valence-corrected chi connectivity index (χ0v) is 22.1. The average molecular weight is 596 g/mol. The summed E-state index contributed by atoms with van der Waals surface area (Å²) in [5, 5.41) is 6.62. The summed E-state index contributed by atoms with van der Waals surface area (Å²) in [7, 11) is 0. The minimum atomic E-state index is -0.395. The molecule has 5 aromatic rings. The van der Waals surface area contributed by atoms with Crippen molar-refractivity contribution >= 4 is 92.2 Å². The molecule has 1 aromatic carbocycles. The molecule has 2 amide bonds.